The van der Waals surface area contributed by atoms with Crippen molar-refractivity contribution < 1.29 is 8.81 Å². The largest absolute Gasteiger partial charge is 0.419 e. The van der Waals surface area contributed by atoms with Crippen molar-refractivity contribution in [2.75, 3.05) is 0 Å². The summed E-state index contributed by atoms with van der Waals surface area (Å²) in [5, 5.41) is 12.2. The summed E-state index contributed by atoms with van der Waals surface area (Å²) in [6, 6.07) is 16.4. The first-order chi connectivity index (χ1) is 13.3. The van der Waals surface area contributed by atoms with E-state index in [-0.39, 0.29) is 11.9 Å². The number of hydrogen-bond donors (Lipinski definition) is 1. The van der Waals surface area contributed by atoms with Gasteiger partial charge in [-0.05, 0) is 42.7 Å². The molecule has 1 aliphatic rings. The molecule has 1 heterocycles. The highest BCUT2D eigenvalue weighted by Gasteiger charge is 2.25. The van der Waals surface area contributed by atoms with Crippen LogP contribution in [0.25, 0.3) is 11.5 Å². The lowest BCUT2D eigenvalue weighted by Gasteiger charge is -2.23. The molecule has 1 atom stereocenters. The molecule has 27 heavy (non-hydrogen) atoms. The Morgan fingerprint density at radius 1 is 0.889 bits per heavy atom. The van der Waals surface area contributed by atoms with Gasteiger partial charge in [0.15, 0.2) is 0 Å². The summed E-state index contributed by atoms with van der Waals surface area (Å²) in [5.74, 6) is 0.771. The molecule has 0 saturated heterocycles. The Morgan fingerprint density at radius 2 is 1.59 bits per heavy atom. The number of hydrogen-bond acceptors (Lipinski definition) is 4. The van der Waals surface area contributed by atoms with Crippen LogP contribution in [0.1, 0.15) is 56.0 Å². The fraction of sp³-hybridized carbons (Fsp3) is 0.364. The molecule has 2 aromatic carbocycles. The Bertz CT molecular complexity index is 840. The molecular weight excluding hydrogens is 341 g/mol. The van der Waals surface area contributed by atoms with Gasteiger partial charge in [0.05, 0.1) is 0 Å². The van der Waals surface area contributed by atoms with Crippen LogP contribution in [-0.4, -0.2) is 16.2 Å². The molecule has 1 aromatic heterocycles. The fourth-order valence-corrected chi connectivity index (χ4v) is 3.70. The predicted octanol–water partition coefficient (Wildman–Crippen LogP) is 5.28. The Hall–Kier alpha value is -2.53. The molecule has 1 fully saturated rings. The van der Waals surface area contributed by atoms with Gasteiger partial charge in [-0.15, -0.1) is 10.2 Å². The van der Waals surface area contributed by atoms with E-state index in [1.165, 1.54) is 37.8 Å². The van der Waals surface area contributed by atoms with Crippen LogP contribution in [0.2, 0.25) is 0 Å². The third kappa shape index (κ3) is 4.42. The van der Waals surface area contributed by atoms with E-state index < -0.39 is 0 Å². The van der Waals surface area contributed by atoms with Crippen LogP contribution in [0.15, 0.2) is 59.0 Å². The minimum Gasteiger partial charge on any atom is -0.419 e. The second-order valence-corrected chi connectivity index (χ2v) is 7.15. The summed E-state index contributed by atoms with van der Waals surface area (Å²) >= 11 is 0. The normalized spacial score (nSPS) is 16.8. The van der Waals surface area contributed by atoms with Gasteiger partial charge in [-0.2, -0.15) is 0 Å². The Morgan fingerprint density at radius 3 is 2.30 bits per heavy atom. The Balaban J connectivity index is 1.63. The first-order valence-electron chi connectivity index (χ1n) is 9.70. The van der Waals surface area contributed by atoms with Crippen molar-refractivity contribution in [3.05, 3.63) is 71.9 Å². The van der Waals surface area contributed by atoms with Gasteiger partial charge >= 0.3 is 0 Å². The van der Waals surface area contributed by atoms with Gasteiger partial charge in [0.1, 0.15) is 11.9 Å². The van der Waals surface area contributed by atoms with Crippen molar-refractivity contribution >= 4 is 0 Å². The quantitative estimate of drug-likeness (QED) is 0.625. The van der Waals surface area contributed by atoms with E-state index in [4.69, 9.17) is 4.42 Å². The molecule has 0 radical (unpaired) electrons. The third-order valence-corrected chi connectivity index (χ3v) is 5.17. The summed E-state index contributed by atoms with van der Waals surface area (Å²) < 4.78 is 19.4. The minimum atomic E-state index is -0.248. The van der Waals surface area contributed by atoms with Crippen LogP contribution in [-0.2, 0) is 0 Å². The maximum absolute atomic E-state index is 13.4. The molecule has 4 rings (SSSR count). The SMILES string of the molecule is Fc1ccc([C@@H](NC2CCCCCC2)c2nnc(-c3ccccc3)o2)cc1. The number of benzene rings is 2. The van der Waals surface area contributed by atoms with E-state index in [1.54, 1.807) is 12.1 Å². The summed E-state index contributed by atoms with van der Waals surface area (Å²) in [7, 11) is 0. The number of halogens is 1. The van der Waals surface area contributed by atoms with Gasteiger partial charge < -0.3 is 4.42 Å². The number of aromatic nitrogens is 2. The van der Waals surface area contributed by atoms with Gasteiger partial charge in [0.25, 0.3) is 0 Å². The fourth-order valence-electron chi connectivity index (χ4n) is 3.70. The minimum absolute atomic E-state index is 0.237. The highest BCUT2D eigenvalue weighted by Crippen LogP contribution is 2.28. The standard InChI is InChI=1S/C22H24FN3O/c23-18-14-12-16(13-15-18)20(24-19-10-6-1-2-7-11-19)22-26-25-21(27-22)17-8-4-3-5-9-17/h3-5,8-9,12-15,19-20,24H,1-2,6-7,10-11H2/t20-/m1/s1. The third-order valence-electron chi connectivity index (χ3n) is 5.17. The molecule has 3 aromatic rings. The molecule has 1 saturated carbocycles. The monoisotopic (exact) mass is 365 g/mol. The van der Waals surface area contributed by atoms with Crippen LogP contribution < -0.4 is 5.32 Å². The smallest absolute Gasteiger partial charge is 0.247 e. The summed E-state index contributed by atoms with van der Waals surface area (Å²) in [5.41, 5.74) is 1.83. The van der Waals surface area contributed by atoms with Gasteiger partial charge in [0, 0.05) is 11.6 Å². The molecular formula is C22H24FN3O. The number of nitrogens with zero attached hydrogens (tertiary/aromatic N) is 2. The average molecular weight is 365 g/mol. The molecule has 0 aliphatic heterocycles. The molecule has 0 unspecified atom stereocenters. The molecule has 0 bridgehead atoms. The zero-order valence-corrected chi connectivity index (χ0v) is 15.3. The maximum atomic E-state index is 13.4. The van der Waals surface area contributed by atoms with Gasteiger partial charge in [0.2, 0.25) is 11.8 Å². The second kappa shape index (κ2) is 8.44. The van der Waals surface area contributed by atoms with E-state index >= 15 is 0 Å². The Labute approximate surface area is 158 Å². The second-order valence-electron chi connectivity index (χ2n) is 7.15. The topological polar surface area (TPSA) is 51.0 Å². The van der Waals surface area contributed by atoms with Crippen molar-refractivity contribution in [1.29, 1.82) is 0 Å². The molecule has 1 aliphatic carbocycles. The molecule has 0 amide bonds. The summed E-state index contributed by atoms with van der Waals surface area (Å²) in [6.07, 6.45) is 7.31. The highest BCUT2D eigenvalue weighted by molar-refractivity contribution is 5.51. The highest BCUT2D eigenvalue weighted by atomic mass is 19.1. The average Bonchev–Trinajstić information content (AvgIpc) is 3.05. The predicted molar refractivity (Wildman–Crippen MR) is 103 cm³/mol. The van der Waals surface area contributed by atoms with Crippen molar-refractivity contribution in [2.45, 2.75) is 50.6 Å². The lowest BCUT2D eigenvalue weighted by atomic mass is 10.0. The van der Waals surface area contributed by atoms with E-state index in [1.807, 2.05) is 30.3 Å². The Kier molecular flexibility index (Phi) is 5.58. The van der Waals surface area contributed by atoms with Gasteiger partial charge in [-0.3, -0.25) is 5.32 Å². The van der Waals surface area contributed by atoms with Crippen molar-refractivity contribution in [3.63, 3.8) is 0 Å². The van der Waals surface area contributed by atoms with Crippen LogP contribution >= 0.6 is 0 Å². The van der Waals surface area contributed by atoms with E-state index in [2.05, 4.69) is 15.5 Å². The molecule has 140 valence electrons. The molecule has 1 N–H and O–H groups in total. The van der Waals surface area contributed by atoms with E-state index in [0.29, 0.717) is 17.8 Å². The number of rotatable bonds is 5. The number of nitrogens with one attached hydrogen (secondary N) is 1. The molecule has 0 spiro atoms. The van der Waals surface area contributed by atoms with E-state index in [9.17, 15) is 4.39 Å². The van der Waals surface area contributed by atoms with Crippen molar-refractivity contribution in [2.24, 2.45) is 0 Å². The van der Waals surface area contributed by atoms with Crippen LogP contribution in [0, 0.1) is 5.82 Å². The first kappa shape index (κ1) is 17.9. The lowest BCUT2D eigenvalue weighted by Crippen LogP contribution is -2.33. The zero-order valence-electron chi connectivity index (χ0n) is 15.3. The lowest BCUT2D eigenvalue weighted by molar-refractivity contribution is 0.374. The molecule has 5 heteroatoms. The van der Waals surface area contributed by atoms with Crippen LogP contribution in [0.4, 0.5) is 4.39 Å². The molecule has 4 nitrogen and oxygen atoms in total. The van der Waals surface area contributed by atoms with E-state index in [0.717, 1.165) is 24.0 Å². The van der Waals surface area contributed by atoms with Crippen LogP contribution in [0.5, 0.6) is 0 Å². The zero-order chi connectivity index (χ0) is 18.5. The summed E-state index contributed by atoms with van der Waals surface area (Å²) in [6.45, 7) is 0. The summed E-state index contributed by atoms with van der Waals surface area (Å²) in [4.78, 5) is 0. The van der Waals surface area contributed by atoms with Crippen LogP contribution in [0.3, 0.4) is 0 Å². The van der Waals surface area contributed by atoms with Gasteiger partial charge in [-0.1, -0.05) is 56.0 Å². The first-order valence-corrected chi connectivity index (χ1v) is 9.70. The maximum Gasteiger partial charge on any atom is 0.247 e. The van der Waals surface area contributed by atoms with Crippen molar-refractivity contribution in [1.82, 2.24) is 15.5 Å². The van der Waals surface area contributed by atoms with Gasteiger partial charge in [-0.25, -0.2) is 4.39 Å². The van der Waals surface area contributed by atoms with Crippen molar-refractivity contribution in [3.8, 4) is 11.5 Å².